The Kier molecular flexibility index (Phi) is 10.2. The van der Waals surface area contributed by atoms with E-state index in [1.165, 1.54) is 0 Å². The van der Waals surface area contributed by atoms with E-state index in [4.69, 9.17) is 0 Å². The summed E-state index contributed by atoms with van der Waals surface area (Å²) in [5.41, 5.74) is 9.23. The number of rotatable bonds is 15. The molecule has 6 aromatic carbocycles. The van der Waals surface area contributed by atoms with Crippen LogP contribution in [-0.4, -0.2) is 19.6 Å². The molecule has 47 heavy (non-hydrogen) atoms. The van der Waals surface area contributed by atoms with Crippen LogP contribution in [0.5, 0.6) is 0 Å². The second-order valence-electron chi connectivity index (χ2n) is 12.0. The van der Waals surface area contributed by atoms with Crippen molar-refractivity contribution in [3.63, 3.8) is 0 Å². The first-order valence-corrected chi connectivity index (χ1v) is 16.1. The molecule has 6 aromatic rings. The fraction of sp³-hybridized carbons (Fsp3) is 0.122. The molecule has 6 nitrogen and oxygen atoms in total. The summed E-state index contributed by atoms with van der Waals surface area (Å²) < 4.78 is 0. The van der Waals surface area contributed by atoms with E-state index in [-0.39, 0.29) is 5.41 Å². The van der Waals surface area contributed by atoms with Gasteiger partial charge >= 0.3 is 0 Å². The van der Waals surface area contributed by atoms with E-state index in [0.29, 0.717) is 0 Å². The van der Waals surface area contributed by atoms with Crippen LogP contribution in [-0.2, 0) is 0 Å². The highest BCUT2D eigenvalue weighted by atomic mass is 15.0. The molecule has 0 atom stereocenters. The van der Waals surface area contributed by atoms with E-state index >= 15 is 0 Å². The number of anilines is 9. The van der Waals surface area contributed by atoms with Gasteiger partial charge in [0.1, 0.15) is 0 Å². The van der Waals surface area contributed by atoms with E-state index in [9.17, 15) is 0 Å². The van der Waals surface area contributed by atoms with Crippen LogP contribution in [0.2, 0.25) is 0 Å². The van der Waals surface area contributed by atoms with Gasteiger partial charge in [-0.05, 0) is 72.8 Å². The standard InChI is InChI=1S/C41H42N6/c1-41(29-42-35-23-11-14-26-38(35)45-32-17-5-2-6-18-32,30-43-36-24-12-15-27-39(36)46-33-19-7-3-8-20-33)31-44-37-25-13-16-28-40(37)47-34-21-9-4-10-22-34/h2-28,42-47H,29-31H2,1H3. The Morgan fingerprint density at radius 2 is 0.553 bits per heavy atom. The third kappa shape index (κ3) is 8.86. The van der Waals surface area contributed by atoms with Crippen LogP contribution in [0.15, 0.2) is 164 Å². The van der Waals surface area contributed by atoms with Crippen molar-refractivity contribution >= 4 is 51.2 Å². The Hall–Kier alpha value is -5.88. The summed E-state index contributed by atoms with van der Waals surface area (Å²) in [5, 5.41) is 22.1. The topological polar surface area (TPSA) is 72.2 Å². The highest BCUT2D eigenvalue weighted by Gasteiger charge is 2.26. The molecule has 0 amide bonds. The van der Waals surface area contributed by atoms with Crippen molar-refractivity contribution in [2.45, 2.75) is 6.92 Å². The van der Waals surface area contributed by atoms with Crippen molar-refractivity contribution in [3.05, 3.63) is 164 Å². The van der Waals surface area contributed by atoms with Crippen molar-refractivity contribution in [1.29, 1.82) is 0 Å². The second-order valence-corrected chi connectivity index (χ2v) is 12.0. The van der Waals surface area contributed by atoms with Gasteiger partial charge in [0.2, 0.25) is 0 Å². The quantitative estimate of drug-likeness (QED) is 0.0688. The summed E-state index contributed by atoms with van der Waals surface area (Å²) in [5.74, 6) is 0. The van der Waals surface area contributed by atoms with E-state index in [2.05, 4.69) is 148 Å². The number of nitrogens with one attached hydrogen (secondary N) is 6. The summed E-state index contributed by atoms with van der Waals surface area (Å²) in [7, 11) is 0. The SMILES string of the molecule is CC(CNc1ccccc1Nc1ccccc1)(CNc1ccccc1Nc1ccccc1)CNc1ccccc1Nc1ccccc1. The van der Waals surface area contributed by atoms with Crippen LogP contribution >= 0.6 is 0 Å². The van der Waals surface area contributed by atoms with Gasteiger partial charge in [-0.15, -0.1) is 0 Å². The van der Waals surface area contributed by atoms with Gasteiger partial charge in [0.15, 0.2) is 0 Å². The maximum atomic E-state index is 3.78. The molecule has 6 rings (SSSR count). The molecular formula is C41H42N6. The maximum absolute atomic E-state index is 3.78. The van der Waals surface area contributed by atoms with E-state index in [1.54, 1.807) is 0 Å². The number of hydrogen-bond acceptors (Lipinski definition) is 6. The summed E-state index contributed by atoms with van der Waals surface area (Å²) in [4.78, 5) is 0. The molecule has 0 saturated carbocycles. The Balaban J connectivity index is 1.22. The minimum absolute atomic E-state index is 0.209. The first-order valence-electron chi connectivity index (χ1n) is 16.1. The van der Waals surface area contributed by atoms with Crippen molar-refractivity contribution in [2.24, 2.45) is 5.41 Å². The molecule has 6 heteroatoms. The molecule has 6 N–H and O–H groups in total. The van der Waals surface area contributed by atoms with E-state index in [1.807, 2.05) is 54.6 Å². The zero-order valence-corrected chi connectivity index (χ0v) is 26.7. The Morgan fingerprint density at radius 1 is 0.319 bits per heavy atom. The lowest BCUT2D eigenvalue weighted by Gasteiger charge is -2.33. The minimum atomic E-state index is -0.209. The molecular weight excluding hydrogens is 576 g/mol. The van der Waals surface area contributed by atoms with Crippen molar-refractivity contribution < 1.29 is 0 Å². The molecule has 0 aromatic heterocycles. The minimum Gasteiger partial charge on any atom is -0.383 e. The molecule has 0 aliphatic carbocycles. The van der Waals surface area contributed by atoms with Crippen LogP contribution in [0.25, 0.3) is 0 Å². The fourth-order valence-corrected chi connectivity index (χ4v) is 5.38. The van der Waals surface area contributed by atoms with E-state index < -0.39 is 0 Å². The third-order valence-corrected chi connectivity index (χ3v) is 8.06. The van der Waals surface area contributed by atoms with Gasteiger partial charge in [-0.3, -0.25) is 0 Å². The highest BCUT2D eigenvalue weighted by molar-refractivity contribution is 5.76. The molecule has 0 saturated heterocycles. The Labute approximate surface area is 278 Å². The summed E-state index contributed by atoms with van der Waals surface area (Å²) in [6, 6.07) is 56.0. The number of hydrogen-bond donors (Lipinski definition) is 6. The molecule has 0 fully saturated rings. The lowest BCUT2D eigenvalue weighted by atomic mass is 9.89. The molecule has 0 aliphatic heterocycles. The average Bonchev–Trinajstić information content (AvgIpc) is 3.12. The lowest BCUT2D eigenvalue weighted by molar-refractivity contribution is 0.397. The van der Waals surface area contributed by atoms with Gasteiger partial charge < -0.3 is 31.9 Å². The molecule has 0 aliphatic rings. The van der Waals surface area contributed by atoms with Gasteiger partial charge in [0.25, 0.3) is 0 Å². The molecule has 0 unspecified atom stereocenters. The normalized spacial score (nSPS) is 10.9. The van der Waals surface area contributed by atoms with Crippen LogP contribution in [0.1, 0.15) is 6.92 Å². The van der Waals surface area contributed by atoms with Crippen molar-refractivity contribution in [2.75, 3.05) is 51.5 Å². The largest absolute Gasteiger partial charge is 0.383 e. The van der Waals surface area contributed by atoms with Crippen molar-refractivity contribution in [1.82, 2.24) is 0 Å². The van der Waals surface area contributed by atoms with Gasteiger partial charge in [-0.1, -0.05) is 97.9 Å². The summed E-state index contributed by atoms with van der Waals surface area (Å²) in [6.07, 6.45) is 0. The number of benzene rings is 6. The zero-order valence-electron chi connectivity index (χ0n) is 26.7. The smallest absolute Gasteiger partial charge is 0.0620 e. The van der Waals surface area contributed by atoms with Crippen LogP contribution in [0, 0.1) is 5.41 Å². The molecule has 0 heterocycles. The van der Waals surface area contributed by atoms with Crippen molar-refractivity contribution in [3.8, 4) is 0 Å². The lowest BCUT2D eigenvalue weighted by Crippen LogP contribution is -2.40. The predicted molar refractivity (Wildman–Crippen MR) is 202 cm³/mol. The van der Waals surface area contributed by atoms with E-state index in [0.717, 1.165) is 70.8 Å². The van der Waals surface area contributed by atoms with Crippen LogP contribution < -0.4 is 31.9 Å². The van der Waals surface area contributed by atoms with Gasteiger partial charge in [-0.25, -0.2) is 0 Å². The first-order chi connectivity index (χ1) is 23.1. The summed E-state index contributed by atoms with van der Waals surface area (Å²) >= 11 is 0. The fourth-order valence-electron chi connectivity index (χ4n) is 5.38. The van der Waals surface area contributed by atoms with Gasteiger partial charge in [-0.2, -0.15) is 0 Å². The molecule has 236 valence electrons. The predicted octanol–water partition coefficient (Wildman–Crippen LogP) is 10.6. The maximum Gasteiger partial charge on any atom is 0.0620 e. The second kappa shape index (κ2) is 15.4. The first kappa shape index (κ1) is 31.1. The third-order valence-electron chi connectivity index (χ3n) is 8.06. The summed E-state index contributed by atoms with van der Waals surface area (Å²) in [6.45, 7) is 4.49. The Morgan fingerprint density at radius 3 is 0.830 bits per heavy atom. The number of para-hydroxylation sites is 9. The molecule has 0 spiro atoms. The average molecular weight is 619 g/mol. The molecule has 0 bridgehead atoms. The zero-order chi connectivity index (χ0) is 32.2. The van der Waals surface area contributed by atoms with Gasteiger partial charge in [0.05, 0.1) is 34.1 Å². The highest BCUT2D eigenvalue weighted by Crippen LogP contribution is 2.31. The van der Waals surface area contributed by atoms with Gasteiger partial charge in [0, 0.05) is 42.1 Å². The Bertz CT molecular complexity index is 1610. The van der Waals surface area contributed by atoms with Crippen LogP contribution in [0.3, 0.4) is 0 Å². The molecule has 0 radical (unpaired) electrons. The van der Waals surface area contributed by atoms with Crippen LogP contribution in [0.4, 0.5) is 51.2 Å². The monoisotopic (exact) mass is 618 g/mol.